The summed E-state index contributed by atoms with van der Waals surface area (Å²) in [6, 6.07) is 20.5. The van der Waals surface area contributed by atoms with Crippen molar-refractivity contribution < 1.29 is 0 Å². The lowest BCUT2D eigenvalue weighted by atomic mass is 10.1. The number of rotatable bonds is 1. The molecule has 0 spiro atoms. The lowest BCUT2D eigenvalue weighted by Gasteiger charge is -2.18. The lowest BCUT2D eigenvalue weighted by molar-refractivity contribution is 1.04. The van der Waals surface area contributed by atoms with Crippen molar-refractivity contribution in [2.75, 3.05) is 5.32 Å². The number of anilines is 1. The first-order valence-corrected chi connectivity index (χ1v) is 6.66. The van der Waals surface area contributed by atoms with Gasteiger partial charge in [-0.2, -0.15) is 0 Å². The van der Waals surface area contributed by atoms with E-state index in [9.17, 15) is 0 Å². The van der Waals surface area contributed by atoms with E-state index >= 15 is 0 Å². The summed E-state index contributed by atoms with van der Waals surface area (Å²) in [5.41, 5.74) is 4.22. The first kappa shape index (κ1) is 11.2. The summed E-state index contributed by atoms with van der Waals surface area (Å²) in [6.45, 7) is 0.701. The van der Waals surface area contributed by atoms with E-state index in [-0.39, 0.29) is 0 Å². The van der Waals surface area contributed by atoms with E-state index in [0.29, 0.717) is 6.54 Å². The second kappa shape index (κ2) is 4.46. The fourth-order valence-electron chi connectivity index (χ4n) is 2.45. The molecule has 0 atom stereocenters. The zero-order chi connectivity index (χ0) is 13.4. The highest BCUT2D eigenvalue weighted by atomic mass is 15.0. The van der Waals surface area contributed by atoms with Crippen LogP contribution in [-0.2, 0) is 6.54 Å². The van der Waals surface area contributed by atoms with E-state index in [1.807, 2.05) is 36.4 Å². The first-order valence-electron chi connectivity index (χ1n) is 6.66. The van der Waals surface area contributed by atoms with Crippen LogP contribution in [0.2, 0.25) is 0 Å². The van der Waals surface area contributed by atoms with Crippen LogP contribution in [0.15, 0.2) is 65.7 Å². The molecule has 2 heterocycles. The van der Waals surface area contributed by atoms with Gasteiger partial charge in [0, 0.05) is 11.1 Å². The first-order chi connectivity index (χ1) is 9.90. The number of benzene rings is 2. The van der Waals surface area contributed by atoms with Gasteiger partial charge in [0.05, 0.1) is 12.1 Å². The van der Waals surface area contributed by atoms with Crippen LogP contribution in [0, 0.1) is 0 Å². The molecule has 3 heteroatoms. The van der Waals surface area contributed by atoms with E-state index in [0.717, 1.165) is 28.1 Å². The zero-order valence-electron chi connectivity index (χ0n) is 10.9. The molecular formula is C17H13N3. The second-order valence-electron chi connectivity index (χ2n) is 4.84. The van der Waals surface area contributed by atoms with Crippen LogP contribution in [0.4, 0.5) is 5.69 Å². The zero-order valence-corrected chi connectivity index (χ0v) is 10.9. The molecule has 0 bridgehead atoms. The number of amidine groups is 1. The Morgan fingerprint density at radius 2 is 1.70 bits per heavy atom. The average Bonchev–Trinajstić information content (AvgIpc) is 2.54. The standard InChI is InChI=1S/C17H13N3/c1-3-7-14-12(5-1)9-10-16(19-14)17-18-11-13-6-2-4-8-15(13)20-17/h1-10H,11H2,(H,18,20). The number of fused-ring (bicyclic) bond motifs is 2. The lowest BCUT2D eigenvalue weighted by Crippen LogP contribution is -2.20. The molecule has 0 fully saturated rings. The minimum absolute atomic E-state index is 0.701. The fourth-order valence-corrected chi connectivity index (χ4v) is 2.45. The van der Waals surface area contributed by atoms with Crippen LogP contribution in [0.1, 0.15) is 11.3 Å². The smallest absolute Gasteiger partial charge is 0.152 e. The number of para-hydroxylation sites is 2. The average molecular weight is 259 g/mol. The van der Waals surface area contributed by atoms with Gasteiger partial charge in [-0.15, -0.1) is 0 Å². The molecule has 20 heavy (non-hydrogen) atoms. The Bertz CT molecular complexity index is 821. The molecule has 0 saturated heterocycles. The number of hydrogen-bond acceptors (Lipinski definition) is 3. The van der Waals surface area contributed by atoms with E-state index in [4.69, 9.17) is 0 Å². The third-order valence-corrected chi connectivity index (χ3v) is 3.52. The van der Waals surface area contributed by atoms with Crippen LogP contribution < -0.4 is 5.32 Å². The van der Waals surface area contributed by atoms with Crippen LogP contribution >= 0.6 is 0 Å². The molecule has 1 aliphatic heterocycles. The minimum Gasteiger partial charge on any atom is -0.338 e. The van der Waals surface area contributed by atoms with Crippen molar-refractivity contribution in [1.29, 1.82) is 0 Å². The van der Waals surface area contributed by atoms with Gasteiger partial charge >= 0.3 is 0 Å². The molecule has 0 radical (unpaired) electrons. The summed E-state index contributed by atoms with van der Waals surface area (Å²) in [4.78, 5) is 9.27. The van der Waals surface area contributed by atoms with Crippen LogP contribution in [0.3, 0.4) is 0 Å². The highest BCUT2D eigenvalue weighted by Crippen LogP contribution is 2.22. The van der Waals surface area contributed by atoms with Gasteiger partial charge in [-0.05, 0) is 23.8 Å². The molecule has 1 N–H and O–H groups in total. The Hall–Kier alpha value is -2.68. The third-order valence-electron chi connectivity index (χ3n) is 3.52. The van der Waals surface area contributed by atoms with E-state index in [1.54, 1.807) is 0 Å². The van der Waals surface area contributed by atoms with Gasteiger partial charge in [-0.25, -0.2) is 4.98 Å². The van der Waals surface area contributed by atoms with Gasteiger partial charge in [-0.1, -0.05) is 42.5 Å². The van der Waals surface area contributed by atoms with E-state index in [2.05, 4.69) is 39.6 Å². The quantitative estimate of drug-likeness (QED) is 0.725. The Kier molecular flexibility index (Phi) is 2.49. The maximum Gasteiger partial charge on any atom is 0.152 e. The predicted octanol–water partition coefficient (Wildman–Crippen LogP) is 3.61. The van der Waals surface area contributed by atoms with Gasteiger partial charge in [0.1, 0.15) is 5.69 Å². The summed E-state index contributed by atoms with van der Waals surface area (Å²) >= 11 is 0. The molecular weight excluding hydrogens is 246 g/mol. The minimum atomic E-state index is 0.701. The monoisotopic (exact) mass is 259 g/mol. The summed E-state index contributed by atoms with van der Waals surface area (Å²) in [5, 5.41) is 4.51. The topological polar surface area (TPSA) is 37.3 Å². The van der Waals surface area contributed by atoms with Crippen molar-refractivity contribution in [3.8, 4) is 0 Å². The molecule has 3 aromatic rings. The highest BCUT2D eigenvalue weighted by Gasteiger charge is 2.13. The molecule has 3 nitrogen and oxygen atoms in total. The third kappa shape index (κ3) is 1.84. The summed E-state index contributed by atoms with van der Waals surface area (Å²) in [5.74, 6) is 0.842. The molecule has 0 aliphatic carbocycles. The van der Waals surface area contributed by atoms with Gasteiger partial charge in [-0.3, -0.25) is 4.99 Å². The van der Waals surface area contributed by atoms with Crippen LogP contribution in [0.25, 0.3) is 10.9 Å². The maximum atomic E-state index is 4.68. The Morgan fingerprint density at radius 3 is 2.70 bits per heavy atom. The summed E-state index contributed by atoms with van der Waals surface area (Å²) < 4.78 is 0. The van der Waals surface area contributed by atoms with E-state index in [1.165, 1.54) is 5.56 Å². The highest BCUT2D eigenvalue weighted by molar-refractivity contribution is 6.09. The number of hydrogen-bond donors (Lipinski definition) is 1. The van der Waals surface area contributed by atoms with Crippen molar-refractivity contribution in [2.45, 2.75) is 6.54 Å². The van der Waals surface area contributed by atoms with Gasteiger partial charge in [0.2, 0.25) is 0 Å². The molecule has 1 aliphatic rings. The molecule has 0 amide bonds. The normalized spacial score (nSPS) is 13.5. The molecule has 1 aromatic heterocycles. The largest absolute Gasteiger partial charge is 0.338 e. The van der Waals surface area contributed by atoms with Crippen molar-refractivity contribution in [2.24, 2.45) is 4.99 Å². The van der Waals surface area contributed by atoms with Gasteiger partial charge < -0.3 is 5.32 Å². The Labute approximate surface area is 117 Å². The molecule has 0 unspecified atom stereocenters. The molecule has 4 rings (SSSR count). The summed E-state index contributed by atoms with van der Waals surface area (Å²) in [7, 11) is 0. The Balaban J connectivity index is 1.75. The van der Waals surface area contributed by atoms with Crippen molar-refractivity contribution in [1.82, 2.24) is 4.98 Å². The molecule has 0 saturated carbocycles. The van der Waals surface area contributed by atoms with Crippen LogP contribution in [0.5, 0.6) is 0 Å². The molecule has 2 aromatic carbocycles. The SMILES string of the molecule is c1ccc2c(c1)CN=C(c1ccc3ccccc3n1)N2. The predicted molar refractivity (Wildman–Crippen MR) is 82.0 cm³/mol. The molecule has 96 valence electrons. The van der Waals surface area contributed by atoms with Gasteiger partial charge in [0.15, 0.2) is 5.84 Å². The Morgan fingerprint density at radius 1 is 0.850 bits per heavy atom. The summed E-state index contributed by atoms with van der Waals surface area (Å²) in [6.07, 6.45) is 0. The fraction of sp³-hybridized carbons (Fsp3) is 0.0588. The van der Waals surface area contributed by atoms with Crippen molar-refractivity contribution in [3.05, 3.63) is 71.9 Å². The number of aromatic nitrogens is 1. The van der Waals surface area contributed by atoms with Crippen LogP contribution in [-0.4, -0.2) is 10.8 Å². The number of nitrogens with zero attached hydrogens (tertiary/aromatic N) is 2. The van der Waals surface area contributed by atoms with E-state index < -0.39 is 0 Å². The number of nitrogens with one attached hydrogen (secondary N) is 1. The number of pyridine rings is 1. The number of aliphatic imine (C=N–C) groups is 1. The van der Waals surface area contributed by atoms with Crippen molar-refractivity contribution >= 4 is 22.4 Å². The maximum absolute atomic E-state index is 4.68. The second-order valence-corrected chi connectivity index (χ2v) is 4.84. The van der Waals surface area contributed by atoms with Gasteiger partial charge in [0.25, 0.3) is 0 Å². The van der Waals surface area contributed by atoms with Crippen molar-refractivity contribution in [3.63, 3.8) is 0 Å².